The minimum absolute atomic E-state index is 0.173. The van der Waals surface area contributed by atoms with E-state index < -0.39 is 0 Å². The lowest BCUT2D eigenvalue weighted by molar-refractivity contribution is 0.322. The van der Waals surface area contributed by atoms with Crippen molar-refractivity contribution < 1.29 is 4.74 Å². The van der Waals surface area contributed by atoms with E-state index in [0.29, 0.717) is 12.5 Å². The van der Waals surface area contributed by atoms with E-state index >= 15 is 0 Å². The number of hydrogen-bond acceptors (Lipinski definition) is 2. The maximum absolute atomic E-state index is 6.21. The van der Waals surface area contributed by atoms with Gasteiger partial charge < -0.3 is 14.6 Å². The Kier molecular flexibility index (Phi) is 6.97. The van der Waals surface area contributed by atoms with Gasteiger partial charge >= 0.3 is 0 Å². The molecule has 3 nitrogen and oxygen atoms in total. The monoisotopic (exact) mass is 466 g/mol. The lowest BCUT2D eigenvalue weighted by atomic mass is 9.87. The first-order valence-electron chi connectivity index (χ1n) is 13.1. The van der Waals surface area contributed by atoms with Gasteiger partial charge in [-0.05, 0) is 71.7 Å². The van der Waals surface area contributed by atoms with Crippen LogP contribution in [0.2, 0.25) is 0 Å². The fourth-order valence-electron chi connectivity index (χ4n) is 5.22. The molecule has 0 bridgehead atoms. The van der Waals surface area contributed by atoms with Gasteiger partial charge in [0.05, 0.1) is 12.1 Å². The molecule has 0 aliphatic carbocycles. The average Bonchev–Trinajstić information content (AvgIpc) is 3.22. The zero-order valence-corrected chi connectivity index (χ0v) is 21.4. The minimum Gasteiger partial charge on any atom is -0.493 e. The summed E-state index contributed by atoms with van der Waals surface area (Å²) in [6.07, 6.45) is 5.73. The van der Waals surface area contributed by atoms with E-state index in [1.807, 2.05) is 0 Å². The van der Waals surface area contributed by atoms with Gasteiger partial charge in [-0.15, -0.1) is 0 Å². The van der Waals surface area contributed by atoms with Crippen LogP contribution >= 0.6 is 0 Å². The number of rotatable bonds is 7. The summed E-state index contributed by atoms with van der Waals surface area (Å²) in [6, 6.07) is 26.4. The molecule has 1 saturated heterocycles. The number of hydrogen-bond donors (Lipinski definition) is 1. The van der Waals surface area contributed by atoms with Crippen LogP contribution in [0.15, 0.2) is 79.0 Å². The van der Waals surface area contributed by atoms with Crippen molar-refractivity contribution in [1.82, 2.24) is 9.88 Å². The smallest absolute Gasteiger partial charge is 0.121 e. The first kappa shape index (κ1) is 23.7. The van der Waals surface area contributed by atoms with Crippen molar-refractivity contribution in [2.45, 2.75) is 57.9 Å². The number of nitrogens with one attached hydrogen (secondary N) is 1. The highest BCUT2D eigenvalue weighted by molar-refractivity contribution is 5.86. The molecule has 0 spiro atoms. The molecule has 3 heteroatoms. The van der Waals surface area contributed by atoms with Crippen LogP contribution in [0.25, 0.3) is 10.9 Å². The van der Waals surface area contributed by atoms with Gasteiger partial charge in [0.1, 0.15) is 5.75 Å². The summed E-state index contributed by atoms with van der Waals surface area (Å²) >= 11 is 0. The quantitative estimate of drug-likeness (QED) is 0.315. The fraction of sp³-hybridized carbons (Fsp3) is 0.375. The topological polar surface area (TPSA) is 26.2 Å². The van der Waals surface area contributed by atoms with Gasteiger partial charge in [0.25, 0.3) is 0 Å². The molecule has 3 aromatic carbocycles. The summed E-state index contributed by atoms with van der Waals surface area (Å²) in [5, 5.41) is 4.89. The molecular weight excluding hydrogens is 428 g/mol. The number of benzene rings is 3. The molecule has 182 valence electrons. The van der Waals surface area contributed by atoms with Crippen molar-refractivity contribution in [3.8, 4) is 5.75 Å². The third-order valence-electron chi connectivity index (χ3n) is 7.34. The van der Waals surface area contributed by atoms with E-state index in [-0.39, 0.29) is 5.41 Å². The lowest BCUT2D eigenvalue weighted by Gasteiger charge is -2.22. The van der Waals surface area contributed by atoms with Crippen LogP contribution < -0.4 is 10.1 Å². The van der Waals surface area contributed by atoms with Crippen molar-refractivity contribution in [1.29, 1.82) is 0 Å². The first-order valence-corrected chi connectivity index (χ1v) is 13.1. The first-order chi connectivity index (χ1) is 17.0. The van der Waals surface area contributed by atoms with Gasteiger partial charge in [-0.25, -0.2) is 0 Å². The molecule has 0 unspecified atom stereocenters. The van der Waals surface area contributed by atoms with Gasteiger partial charge in [-0.1, -0.05) is 75.4 Å². The van der Waals surface area contributed by atoms with Crippen LogP contribution in [-0.2, 0) is 18.4 Å². The Morgan fingerprint density at radius 1 is 0.886 bits per heavy atom. The second-order valence-electron chi connectivity index (χ2n) is 10.9. The summed E-state index contributed by atoms with van der Waals surface area (Å²) in [6.45, 7) is 10.6. The second-order valence-corrected chi connectivity index (χ2v) is 10.9. The van der Waals surface area contributed by atoms with Gasteiger partial charge in [-0.3, -0.25) is 0 Å². The maximum atomic E-state index is 6.21. The Hall–Kier alpha value is -3.04. The Morgan fingerprint density at radius 2 is 1.63 bits per heavy atom. The zero-order chi connectivity index (χ0) is 24.3. The summed E-state index contributed by atoms with van der Waals surface area (Å²) in [4.78, 5) is 0. The van der Waals surface area contributed by atoms with Crippen molar-refractivity contribution >= 4 is 10.9 Å². The van der Waals surface area contributed by atoms with Crippen molar-refractivity contribution in [2.24, 2.45) is 0 Å². The average molecular weight is 467 g/mol. The predicted octanol–water partition coefficient (Wildman–Crippen LogP) is 7.08. The highest BCUT2D eigenvalue weighted by Gasteiger charge is 2.21. The molecule has 1 aliphatic rings. The summed E-state index contributed by atoms with van der Waals surface area (Å²) in [5.41, 5.74) is 6.96. The zero-order valence-electron chi connectivity index (χ0n) is 21.4. The van der Waals surface area contributed by atoms with Crippen LogP contribution in [0.5, 0.6) is 5.75 Å². The predicted molar refractivity (Wildman–Crippen MR) is 147 cm³/mol. The largest absolute Gasteiger partial charge is 0.493 e. The van der Waals surface area contributed by atoms with Crippen LogP contribution in [0.1, 0.15) is 61.8 Å². The molecule has 1 aliphatic heterocycles. The number of fused-ring (bicyclic) bond motifs is 1. The van der Waals surface area contributed by atoms with Gasteiger partial charge in [0, 0.05) is 30.6 Å². The van der Waals surface area contributed by atoms with Gasteiger partial charge in [-0.2, -0.15) is 0 Å². The second kappa shape index (κ2) is 10.3. The van der Waals surface area contributed by atoms with E-state index in [1.54, 1.807) is 0 Å². The van der Waals surface area contributed by atoms with Gasteiger partial charge in [0.2, 0.25) is 0 Å². The van der Waals surface area contributed by atoms with Crippen molar-refractivity contribution in [3.63, 3.8) is 0 Å². The summed E-state index contributed by atoms with van der Waals surface area (Å²) in [5.74, 6) is 1.57. The molecule has 0 radical (unpaired) electrons. The molecular formula is C32H38N2O. The van der Waals surface area contributed by atoms with Crippen molar-refractivity contribution in [2.75, 3.05) is 19.7 Å². The van der Waals surface area contributed by atoms with E-state index in [4.69, 9.17) is 4.74 Å². The third-order valence-corrected chi connectivity index (χ3v) is 7.34. The molecule has 0 atom stereocenters. The highest BCUT2D eigenvalue weighted by Crippen LogP contribution is 2.35. The Morgan fingerprint density at radius 3 is 2.34 bits per heavy atom. The summed E-state index contributed by atoms with van der Waals surface area (Å²) < 4.78 is 8.64. The Bertz CT molecular complexity index is 1240. The molecule has 4 aromatic rings. The maximum Gasteiger partial charge on any atom is 0.121 e. The third kappa shape index (κ3) is 5.62. The molecule has 0 amide bonds. The summed E-state index contributed by atoms with van der Waals surface area (Å²) in [7, 11) is 0. The molecule has 1 fully saturated rings. The number of aromatic nitrogens is 1. The molecule has 0 saturated carbocycles. The number of nitrogens with zero attached hydrogens (tertiary/aromatic N) is 1. The minimum atomic E-state index is 0.173. The number of ether oxygens (including phenoxy) is 1. The van der Waals surface area contributed by atoms with Crippen LogP contribution in [-0.4, -0.2) is 24.3 Å². The van der Waals surface area contributed by atoms with E-state index in [9.17, 15) is 0 Å². The molecule has 1 aromatic heterocycles. The van der Waals surface area contributed by atoms with Crippen molar-refractivity contribution in [3.05, 3.63) is 101 Å². The molecule has 2 heterocycles. The highest BCUT2D eigenvalue weighted by atomic mass is 16.5. The van der Waals surface area contributed by atoms with E-state index in [0.717, 1.165) is 31.8 Å². The Balaban J connectivity index is 1.41. The van der Waals surface area contributed by atoms with Gasteiger partial charge in [0.15, 0.2) is 0 Å². The SMILES string of the molecule is CC(C)(C)c1ccc(Cn2cc(C3CCNCC3)c3ccc(OCCc4ccccc4)cc32)cc1. The van der Waals surface area contributed by atoms with E-state index in [1.165, 1.54) is 46.0 Å². The molecule has 5 rings (SSSR count). The standard InChI is InChI=1S/C32H38N2O/c1-32(2,3)27-11-9-25(10-12-27)22-34-23-30(26-15-18-33-19-16-26)29-14-13-28(21-31(29)34)35-20-17-24-7-5-4-6-8-24/h4-14,21,23,26,33H,15-20,22H2,1-3H3. The molecule has 1 N–H and O–H groups in total. The number of piperidine rings is 1. The van der Waals surface area contributed by atoms with Crippen LogP contribution in [0, 0.1) is 0 Å². The van der Waals surface area contributed by atoms with Crippen LogP contribution in [0.3, 0.4) is 0 Å². The fourth-order valence-corrected chi connectivity index (χ4v) is 5.22. The normalized spacial score (nSPS) is 14.9. The lowest BCUT2D eigenvalue weighted by Crippen LogP contribution is -2.26. The van der Waals surface area contributed by atoms with E-state index in [2.05, 4.69) is 110 Å². The van der Waals surface area contributed by atoms with Crippen LogP contribution in [0.4, 0.5) is 0 Å². The Labute approximate surface area is 210 Å². The molecule has 35 heavy (non-hydrogen) atoms.